The molecule has 2 aliphatic heterocycles. The predicted molar refractivity (Wildman–Crippen MR) is 90.2 cm³/mol. The summed E-state index contributed by atoms with van der Waals surface area (Å²) in [5, 5.41) is 0. The molecule has 0 aromatic carbocycles. The van der Waals surface area contributed by atoms with Gasteiger partial charge in [-0.3, -0.25) is 9.59 Å². The lowest BCUT2D eigenvalue weighted by atomic mass is 9.36. The lowest BCUT2D eigenvalue weighted by molar-refractivity contribution is -0.221. The SMILES string of the molecule is CC12CC3(C)CC(C(=O)OCC4CO4)(C1)CC(C(=O)OCC1CO1)(C2)C3. The standard InChI is InChI=1S/C20H28O6/c1-17-7-18(2)10-19(8-17,15(21)25-5-13-3-23-13)12-20(9-17,11-18)16(22)26-6-14-4-24-14/h13-14H,3-12H2,1-2H3. The highest BCUT2D eigenvalue weighted by Crippen LogP contribution is 2.74. The summed E-state index contributed by atoms with van der Waals surface area (Å²) in [5.41, 5.74) is -1.12. The molecule has 4 bridgehead atoms. The molecule has 2 atom stereocenters. The van der Waals surface area contributed by atoms with Crippen LogP contribution in [0.1, 0.15) is 52.4 Å². The highest BCUT2D eigenvalue weighted by atomic mass is 16.6. The number of ether oxygens (including phenoxy) is 4. The molecule has 2 saturated heterocycles. The molecule has 6 rings (SSSR count). The zero-order chi connectivity index (χ0) is 18.2. The molecular weight excluding hydrogens is 336 g/mol. The topological polar surface area (TPSA) is 77.7 Å². The van der Waals surface area contributed by atoms with Gasteiger partial charge in [-0.1, -0.05) is 13.8 Å². The number of hydrogen-bond donors (Lipinski definition) is 0. The van der Waals surface area contributed by atoms with Crippen LogP contribution in [0.3, 0.4) is 0 Å². The summed E-state index contributed by atoms with van der Waals surface area (Å²) in [6.45, 7) is 6.50. The maximum atomic E-state index is 13.1. The lowest BCUT2D eigenvalue weighted by Gasteiger charge is -2.67. The minimum Gasteiger partial charge on any atom is -0.462 e. The third kappa shape index (κ3) is 2.76. The fourth-order valence-electron chi connectivity index (χ4n) is 7.10. The van der Waals surface area contributed by atoms with Gasteiger partial charge in [-0.25, -0.2) is 0 Å². The van der Waals surface area contributed by atoms with Crippen LogP contribution < -0.4 is 0 Å². The van der Waals surface area contributed by atoms with Crippen LogP contribution in [0.5, 0.6) is 0 Å². The van der Waals surface area contributed by atoms with Crippen molar-refractivity contribution < 1.29 is 28.5 Å². The summed E-state index contributed by atoms with van der Waals surface area (Å²) in [7, 11) is 0. The van der Waals surface area contributed by atoms with E-state index in [1.807, 2.05) is 0 Å². The Morgan fingerprint density at radius 1 is 0.769 bits per heavy atom. The van der Waals surface area contributed by atoms with Crippen molar-refractivity contribution in [1.29, 1.82) is 0 Å². The Hall–Kier alpha value is -1.14. The molecule has 2 unspecified atom stereocenters. The molecule has 6 fully saturated rings. The minimum atomic E-state index is -0.553. The van der Waals surface area contributed by atoms with E-state index < -0.39 is 10.8 Å². The molecule has 4 saturated carbocycles. The summed E-state index contributed by atoms with van der Waals surface area (Å²) >= 11 is 0. The molecule has 26 heavy (non-hydrogen) atoms. The molecule has 6 aliphatic rings. The number of rotatable bonds is 6. The molecule has 0 radical (unpaired) electrons. The molecule has 6 heteroatoms. The van der Waals surface area contributed by atoms with E-state index in [1.54, 1.807) is 0 Å². The van der Waals surface area contributed by atoms with Gasteiger partial charge in [-0.05, 0) is 49.4 Å². The minimum absolute atomic E-state index is 0.00625. The third-order valence-corrected chi connectivity index (χ3v) is 7.06. The van der Waals surface area contributed by atoms with Gasteiger partial charge in [0, 0.05) is 0 Å². The van der Waals surface area contributed by atoms with Gasteiger partial charge in [0.15, 0.2) is 0 Å². The van der Waals surface area contributed by atoms with Crippen molar-refractivity contribution in [2.24, 2.45) is 21.7 Å². The zero-order valence-electron chi connectivity index (χ0n) is 15.7. The second kappa shape index (κ2) is 5.22. The van der Waals surface area contributed by atoms with Crippen LogP contribution in [0.15, 0.2) is 0 Å². The molecule has 0 aromatic rings. The second-order valence-electron chi connectivity index (χ2n) is 10.4. The third-order valence-electron chi connectivity index (χ3n) is 7.06. The summed E-state index contributed by atoms with van der Waals surface area (Å²) in [5.74, 6) is -0.264. The normalized spacial score (nSPS) is 50.4. The van der Waals surface area contributed by atoms with E-state index in [4.69, 9.17) is 18.9 Å². The second-order valence-corrected chi connectivity index (χ2v) is 10.4. The highest BCUT2D eigenvalue weighted by molar-refractivity contribution is 5.83. The number of hydrogen-bond acceptors (Lipinski definition) is 6. The quantitative estimate of drug-likeness (QED) is 0.531. The Labute approximate surface area is 153 Å². The first-order valence-electron chi connectivity index (χ1n) is 9.82. The van der Waals surface area contributed by atoms with E-state index in [0.717, 1.165) is 32.1 Å². The number of carbonyl (C=O) groups excluding carboxylic acids is 2. The van der Waals surface area contributed by atoms with Gasteiger partial charge >= 0.3 is 11.9 Å². The number of epoxide rings is 2. The van der Waals surface area contributed by atoms with E-state index in [1.165, 1.54) is 0 Å². The molecule has 0 amide bonds. The van der Waals surface area contributed by atoms with E-state index in [0.29, 0.717) is 32.8 Å². The first-order chi connectivity index (χ1) is 12.2. The van der Waals surface area contributed by atoms with Crippen molar-refractivity contribution in [3.05, 3.63) is 0 Å². The van der Waals surface area contributed by atoms with Crippen LogP contribution in [0, 0.1) is 21.7 Å². The number of esters is 2. The van der Waals surface area contributed by atoms with Crippen molar-refractivity contribution in [2.45, 2.75) is 64.6 Å². The van der Waals surface area contributed by atoms with Crippen molar-refractivity contribution in [3.8, 4) is 0 Å². The van der Waals surface area contributed by atoms with Crippen molar-refractivity contribution in [1.82, 2.24) is 0 Å². The van der Waals surface area contributed by atoms with Gasteiger partial charge in [0.25, 0.3) is 0 Å². The van der Waals surface area contributed by atoms with Gasteiger partial charge in [0.1, 0.15) is 25.4 Å². The van der Waals surface area contributed by atoms with Crippen LogP contribution >= 0.6 is 0 Å². The van der Waals surface area contributed by atoms with Crippen molar-refractivity contribution in [3.63, 3.8) is 0 Å². The van der Waals surface area contributed by atoms with E-state index in [2.05, 4.69) is 13.8 Å². The van der Waals surface area contributed by atoms with Gasteiger partial charge < -0.3 is 18.9 Å². The number of carbonyl (C=O) groups is 2. The summed E-state index contributed by atoms with van der Waals surface area (Å²) in [6, 6.07) is 0. The van der Waals surface area contributed by atoms with Gasteiger partial charge in [-0.15, -0.1) is 0 Å². The van der Waals surface area contributed by atoms with E-state index >= 15 is 0 Å². The highest BCUT2D eigenvalue weighted by Gasteiger charge is 2.70. The van der Waals surface area contributed by atoms with Crippen LogP contribution in [0.2, 0.25) is 0 Å². The van der Waals surface area contributed by atoms with Crippen molar-refractivity contribution in [2.75, 3.05) is 26.4 Å². The summed E-state index contributed by atoms with van der Waals surface area (Å²) < 4.78 is 21.6. The Balaban J connectivity index is 1.41. The van der Waals surface area contributed by atoms with Gasteiger partial charge in [-0.2, -0.15) is 0 Å². The Bertz CT molecular complexity index is 581. The van der Waals surface area contributed by atoms with E-state index in [-0.39, 0.29) is 35.0 Å². The molecule has 2 heterocycles. The molecule has 4 aliphatic carbocycles. The molecular formula is C20H28O6. The fraction of sp³-hybridized carbons (Fsp3) is 0.900. The Kier molecular flexibility index (Phi) is 3.41. The predicted octanol–water partition coefficient (Wildman–Crippen LogP) is 2.24. The maximum absolute atomic E-state index is 13.1. The van der Waals surface area contributed by atoms with Crippen LogP contribution in [-0.4, -0.2) is 50.6 Å². The summed E-state index contributed by atoms with van der Waals surface area (Å²) in [4.78, 5) is 26.2. The Morgan fingerprint density at radius 2 is 1.15 bits per heavy atom. The van der Waals surface area contributed by atoms with Crippen molar-refractivity contribution >= 4 is 11.9 Å². The van der Waals surface area contributed by atoms with E-state index in [9.17, 15) is 9.59 Å². The molecule has 0 aromatic heterocycles. The average Bonchev–Trinajstić information content (AvgIpc) is 3.41. The summed E-state index contributed by atoms with van der Waals surface area (Å²) in [6.07, 6.45) is 5.05. The maximum Gasteiger partial charge on any atom is 0.312 e. The molecule has 0 N–H and O–H groups in total. The first-order valence-corrected chi connectivity index (χ1v) is 9.82. The van der Waals surface area contributed by atoms with Crippen LogP contribution in [-0.2, 0) is 28.5 Å². The lowest BCUT2D eigenvalue weighted by Crippen LogP contribution is -2.64. The zero-order valence-corrected chi connectivity index (χ0v) is 15.7. The van der Waals surface area contributed by atoms with Crippen LogP contribution in [0.25, 0.3) is 0 Å². The monoisotopic (exact) mass is 364 g/mol. The fourth-order valence-corrected chi connectivity index (χ4v) is 7.10. The molecule has 0 spiro atoms. The smallest absolute Gasteiger partial charge is 0.312 e. The Morgan fingerprint density at radius 3 is 1.50 bits per heavy atom. The first kappa shape index (κ1) is 17.0. The largest absolute Gasteiger partial charge is 0.462 e. The van der Waals surface area contributed by atoms with Crippen LogP contribution in [0.4, 0.5) is 0 Å². The molecule has 6 nitrogen and oxygen atoms in total. The van der Waals surface area contributed by atoms with Gasteiger partial charge in [0.2, 0.25) is 0 Å². The average molecular weight is 364 g/mol. The van der Waals surface area contributed by atoms with Gasteiger partial charge in [0.05, 0.1) is 24.0 Å². The molecule has 144 valence electrons.